The Morgan fingerprint density at radius 2 is 1.22 bits per heavy atom. The Kier molecular flexibility index (Phi) is 6.19. The maximum atomic E-state index is 13.3. The fraction of sp³-hybridized carbons (Fsp3) is 0.412. The lowest BCUT2D eigenvalue weighted by Crippen LogP contribution is -2.08. The van der Waals surface area contributed by atoms with Crippen molar-refractivity contribution in [2.45, 2.75) is 32.1 Å². The molecule has 0 unspecified atom stereocenters. The first-order valence-corrected chi connectivity index (χ1v) is 7.51. The van der Waals surface area contributed by atoms with E-state index >= 15 is 0 Å². The number of hydrogen-bond donors (Lipinski definition) is 0. The molecule has 0 spiro atoms. The molecule has 0 fully saturated rings. The predicted octanol–water partition coefficient (Wildman–Crippen LogP) is 5.45. The number of rotatable bonds is 8. The molecule has 1 aromatic rings. The Balaban J connectivity index is 1.72. The van der Waals surface area contributed by atoms with Gasteiger partial charge in [0.25, 0.3) is 0 Å². The monoisotopic (exact) mass is 332 g/mol. The van der Waals surface area contributed by atoms with Crippen LogP contribution in [0.4, 0.5) is 22.0 Å². The Morgan fingerprint density at radius 1 is 0.696 bits per heavy atom. The van der Waals surface area contributed by atoms with E-state index in [2.05, 4.69) is 12.2 Å². The number of hydrogen-bond acceptors (Lipinski definition) is 1. The van der Waals surface area contributed by atoms with Crippen LogP contribution in [0.2, 0.25) is 0 Å². The second-order valence-electron chi connectivity index (χ2n) is 5.38. The van der Waals surface area contributed by atoms with Gasteiger partial charge in [-0.2, -0.15) is 8.78 Å². The molecule has 0 bridgehead atoms. The first-order valence-electron chi connectivity index (χ1n) is 7.51. The molecule has 1 aliphatic carbocycles. The molecule has 1 aliphatic rings. The van der Waals surface area contributed by atoms with Crippen molar-refractivity contribution in [1.82, 2.24) is 0 Å². The van der Waals surface area contributed by atoms with Gasteiger partial charge in [0.15, 0.2) is 5.75 Å². The van der Waals surface area contributed by atoms with Crippen molar-refractivity contribution in [2.75, 3.05) is 6.61 Å². The van der Waals surface area contributed by atoms with E-state index < -0.39 is 34.8 Å². The summed E-state index contributed by atoms with van der Waals surface area (Å²) in [6.07, 6.45) is 12.4. The average Bonchev–Trinajstić information content (AvgIpc) is 3.06. The van der Waals surface area contributed by atoms with Gasteiger partial charge in [-0.15, -0.1) is 0 Å². The van der Waals surface area contributed by atoms with Gasteiger partial charge in [-0.1, -0.05) is 43.6 Å². The minimum Gasteiger partial charge on any atom is -0.487 e. The number of allylic oxidation sites excluding steroid dienone is 4. The minimum atomic E-state index is -2.18. The Bertz CT molecular complexity index is 568. The summed E-state index contributed by atoms with van der Waals surface area (Å²) in [6.45, 7) is -0.0956. The van der Waals surface area contributed by atoms with Gasteiger partial charge in [-0.3, -0.25) is 0 Å². The van der Waals surface area contributed by atoms with E-state index in [9.17, 15) is 22.0 Å². The molecule has 1 aromatic carbocycles. The van der Waals surface area contributed by atoms with E-state index in [1.165, 1.54) is 0 Å². The van der Waals surface area contributed by atoms with Gasteiger partial charge in [0.05, 0.1) is 6.61 Å². The number of benzene rings is 1. The van der Waals surface area contributed by atoms with Gasteiger partial charge in [-0.05, 0) is 18.8 Å². The van der Waals surface area contributed by atoms with Crippen LogP contribution in [0.25, 0.3) is 0 Å². The van der Waals surface area contributed by atoms with E-state index in [0.717, 1.165) is 25.7 Å². The van der Waals surface area contributed by atoms with Crippen molar-refractivity contribution in [2.24, 2.45) is 5.92 Å². The van der Waals surface area contributed by atoms with Crippen LogP contribution in [0, 0.1) is 35.0 Å². The summed E-state index contributed by atoms with van der Waals surface area (Å²) in [6, 6.07) is 0. The molecule has 0 amide bonds. The summed E-state index contributed by atoms with van der Waals surface area (Å²) >= 11 is 0. The molecule has 23 heavy (non-hydrogen) atoms. The zero-order valence-electron chi connectivity index (χ0n) is 12.4. The molecule has 0 aliphatic heterocycles. The Hall–Kier alpha value is -1.85. The van der Waals surface area contributed by atoms with Crippen molar-refractivity contribution in [3.63, 3.8) is 0 Å². The second kappa shape index (κ2) is 8.13. The van der Waals surface area contributed by atoms with Gasteiger partial charge in [-0.25, -0.2) is 13.2 Å². The van der Waals surface area contributed by atoms with Crippen LogP contribution >= 0.6 is 0 Å². The number of ether oxygens (including phenoxy) is 1. The standard InChI is InChI=1S/C17H17F5O/c18-12-13(19)15(21)17(16(22)14(12)20)23-10-6-2-1-3-7-11-8-4-5-9-11/h4-5,8-9,11H,1-3,6-7,10H2. The topological polar surface area (TPSA) is 9.23 Å². The third-order valence-electron chi connectivity index (χ3n) is 3.68. The van der Waals surface area contributed by atoms with Gasteiger partial charge in [0, 0.05) is 0 Å². The van der Waals surface area contributed by atoms with Crippen LogP contribution in [0.5, 0.6) is 5.75 Å². The van der Waals surface area contributed by atoms with Crippen molar-refractivity contribution in [3.05, 3.63) is 53.4 Å². The quantitative estimate of drug-likeness (QED) is 0.266. The van der Waals surface area contributed by atoms with Gasteiger partial charge < -0.3 is 4.74 Å². The first-order chi connectivity index (χ1) is 11.0. The van der Waals surface area contributed by atoms with Crippen LogP contribution in [-0.4, -0.2) is 6.61 Å². The summed E-state index contributed by atoms with van der Waals surface area (Å²) in [5.74, 6) is -10.7. The van der Waals surface area contributed by atoms with Gasteiger partial charge in [0.2, 0.25) is 29.1 Å². The largest absolute Gasteiger partial charge is 0.487 e. The predicted molar refractivity (Wildman–Crippen MR) is 76.6 cm³/mol. The number of unbranched alkanes of at least 4 members (excludes halogenated alkanes) is 3. The number of halogens is 5. The maximum Gasteiger partial charge on any atom is 0.206 e. The summed E-state index contributed by atoms with van der Waals surface area (Å²) in [4.78, 5) is 0. The SMILES string of the molecule is Fc1c(F)c(F)c(OCCCCCCC2C=CC=C2)c(F)c1F. The van der Waals surface area contributed by atoms with E-state index in [0.29, 0.717) is 12.3 Å². The van der Waals surface area contributed by atoms with Crippen LogP contribution in [0.1, 0.15) is 32.1 Å². The molecule has 1 nitrogen and oxygen atoms in total. The highest BCUT2D eigenvalue weighted by atomic mass is 19.2. The molecular weight excluding hydrogens is 315 g/mol. The zero-order valence-corrected chi connectivity index (χ0v) is 12.4. The summed E-state index contributed by atoms with van der Waals surface area (Å²) in [5.41, 5.74) is 0. The summed E-state index contributed by atoms with van der Waals surface area (Å²) in [5, 5.41) is 0. The lowest BCUT2D eigenvalue weighted by atomic mass is 10.0. The van der Waals surface area contributed by atoms with E-state index in [-0.39, 0.29) is 6.61 Å². The lowest BCUT2D eigenvalue weighted by molar-refractivity contribution is 0.255. The van der Waals surface area contributed by atoms with Gasteiger partial charge >= 0.3 is 0 Å². The van der Waals surface area contributed by atoms with Crippen LogP contribution in [-0.2, 0) is 0 Å². The molecular formula is C17H17F5O. The normalized spacial score (nSPS) is 14.0. The molecule has 126 valence electrons. The third-order valence-corrected chi connectivity index (χ3v) is 3.68. The van der Waals surface area contributed by atoms with Crippen molar-refractivity contribution >= 4 is 0 Å². The molecule has 0 saturated carbocycles. The van der Waals surface area contributed by atoms with Gasteiger partial charge in [0.1, 0.15) is 0 Å². The smallest absolute Gasteiger partial charge is 0.206 e. The molecule has 0 aromatic heterocycles. The molecule has 0 radical (unpaired) electrons. The van der Waals surface area contributed by atoms with E-state index in [4.69, 9.17) is 4.74 Å². The Labute approximate surface area is 131 Å². The third kappa shape index (κ3) is 4.33. The highest BCUT2D eigenvalue weighted by molar-refractivity contribution is 5.29. The van der Waals surface area contributed by atoms with Crippen LogP contribution in [0.15, 0.2) is 24.3 Å². The fourth-order valence-corrected chi connectivity index (χ4v) is 2.39. The molecule has 2 rings (SSSR count). The highest BCUT2D eigenvalue weighted by Crippen LogP contribution is 2.29. The van der Waals surface area contributed by atoms with Crippen LogP contribution in [0.3, 0.4) is 0 Å². The lowest BCUT2D eigenvalue weighted by Gasteiger charge is -2.10. The Morgan fingerprint density at radius 3 is 1.83 bits per heavy atom. The zero-order chi connectivity index (χ0) is 16.8. The van der Waals surface area contributed by atoms with Crippen molar-refractivity contribution in [3.8, 4) is 5.75 Å². The maximum absolute atomic E-state index is 13.3. The fourth-order valence-electron chi connectivity index (χ4n) is 2.39. The second-order valence-corrected chi connectivity index (χ2v) is 5.38. The van der Waals surface area contributed by atoms with E-state index in [1.807, 2.05) is 12.2 Å². The van der Waals surface area contributed by atoms with Crippen molar-refractivity contribution in [1.29, 1.82) is 0 Å². The van der Waals surface area contributed by atoms with Crippen molar-refractivity contribution < 1.29 is 26.7 Å². The molecule has 0 heterocycles. The minimum absolute atomic E-state index is 0.0956. The molecule has 0 saturated heterocycles. The molecule has 0 atom stereocenters. The highest BCUT2D eigenvalue weighted by Gasteiger charge is 2.26. The molecule has 0 N–H and O–H groups in total. The first kappa shape index (κ1) is 17.5. The molecule has 6 heteroatoms. The summed E-state index contributed by atoms with van der Waals surface area (Å²) in [7, 11) is 0. The van der Waals surface area contributed by atoms with Crippen LogP contribution < -0.4 is 4.74 Å². The average molecular weight is 332 g/mol. The summed E-state index contributed by atoms with van der Waals surface area (Å²) < 4.78 is 70.2. The van der Waals surface area contributed by atoms with E-state index in [1.54, 1.807) is 0 Å².